The first kappa shape index (κ1) is 21.2. The second-order valence-corrected chi connectivity index (χ2v) is 8.10. The molecule has 1 aliphatic heterocycles. The molecule has 1 aliphatic rings. The molecule has 27 heavy (non-hydrogen) atoms. The summed E-state index contributed by atoms with van der Waals surface area (Å²) in [4.78, 5) is 50.3. The first-order valence-corrected chi connectivity index (χ1v) is 8.98. The zero-order chi connectivity index (χ0) is 20.7. The Kier molecular flexibility index (Phi) is 5.87. The van der Waals surface area contributed by atoms with Crippen LogP contribution in [0, 0.1) is 0 Å². The van der Waals surface area contributed by atoms with Gasteiger partial charge in [0.05, 0.1) is 21.2 Å². The highest BCUT2D eigenvalue weighted by Gasteiger charge is 2.42. The van der Waals surface area contributed by atoms with Gasteiger partial charge >= 0.3 is 5.97 Å². The van der Waals surface area contributed by atoms with Gasteiger partial charge in [-0.2, -0.15) is 0 Å². The van der Waals surface area contributed by atoms with Crippen LogP contribution in [0.25, 0.3) is 0 Å². The number of hydrogen-bond acceptors (Lipinski definition) is 5. The molecule has 1 heterocycles. The molecule has 0 bridgehead atoms. The summed E-state index contributed by atoms with van der Waals surface area (Å²) in [5, 5.41) is 2.94. The average molecular weight is 415 g/mol. The number of halogens is 2. The lowest BCUT2D eigenvalue weighted by Gasteiger charge is -2.25. The minimum atomic E-state index is -1.22. The lowest BCUT2D eigenvalue weighted by atomic mass is 10.1. The van der Waals surface area contributed by atoms with Gasteiger partial charge in [0.15, 0.2) is 6.10 Å². The van der Waals surface area contributed by atoms with Gasteiger partial charge in [0.2, 0.25) is 0 Å². The van der Waals surface area contributed by atoms with Crippen LogP contribution in [0.15, 0.2) is 12.1 Å². The molecule has 7 nitrogen and oxygen atoms in total. The van der Waals surface area contributed by atoms with Crippen molar-refractivity contribution in [3.63, 3.8) is 0 Å². The molecular weight excluding hydrogens is 395 g/mol. The number of ether oxygens (including phenoxy) is 1. The lowest BCUT2D eigenvalue weighted by Crippen LogP contribution is -2.49. The molecule has 9 heteroatoms. The summed E-state index contributed by atoms with van der Waals surface area (Å²) in [5.74, 6) is -2.71. The smallest absolute Gasteiger partial charge is 0.329 e. The number of rotatable bonds is 4. The van der Waals surface area contributed by atoms with Gasteiger partial charge in [-0.3, -0.25) is 19.3 Å². The van der Waals surface area contributed by atoms with Crippen molar-refractivity contribution in [2.75, 3.05) is 0 Å². The van der Waals surface area contributed by atoms with E-state index in [1.807, 2.05) is 0 Å². The van der Waals surface area contributed by atoms with E-state index in [0.29, 0.717) is 0 Å². The summed E-state index contributed by atoms with van der Waals surface area (Å²) in [7, 11) is 0. The number of imide groups is 1. The Labute approximate surface area is 166 Å². The Morgan fingerprint density at radius 1 is 1.04 bits per heavy atom. The van der Waals surface area contributed by atoms with Crippen molar-refractivity contribution in [3.8, 4) is 0 Å². The van der Waals surface area contributed by atoms with E-state index in [9.17, 15) is 19.2 Å². The summed E-state index contributed by atoms with van der Waals surface area (Å²) in [6.45, 7) is 8.13. The van der Waals surface area contributed by atoms with Crippen molar-refractivity contribution in [1.82, 2.24) is 10.2 Å². The maximum absolute atomic E-state index is 12.5. The molecule has 0 saturated carbocycles. The number of nitrogens with zero attached hydrogens (tertiary/aromatic N) is 1. The minimum Gasteiger partial charge on any atom is -0.451 e. The average Bonchev–Trinajstić information content (AvgIpc) is 2.76. The fourth-order valence-corrected chi connectivity index (χ4v) is 2.83. The molecule has 3 amide bonds. The Morgan fingerprint density at radius 3 is 1.89 bits per heavy atom. The van der Waals surface area contributed by atoms with E-state index in [2.05, 4.69) is 5.32 Å². The van der Waals surface area contributed by atoms with Crippen molar-refractivity contribution in [3.05, 3.63) is 33.3 Å². The molecule has 0 aliphatic carbocycles. The quantitative estimate of drug-likeness (QED) is 0.603. The van der Waals surface area contributed by atoms with Gasteiger partial charge in [0.25, 0.3) is 17.7 Å². The Bertz CT molecular complexity index is 791. The molecule has 0 unspecified atom stereocenters. The van der Waals surface area contributed by atoms with Crippen molar-refractivity contribution in [2.24, 2.45) is 0 Å². The zero-order valence-corrected chi connectivity index (χ0v) is 17.1. The number of fused-ring (bicyclic) bond motifs is 1. The van der Waals surface area contributed by atoms with E-state index in [0.717, 1.165) is 4.90 Å². The van der Waals surface area contributed by atoms with Crippen LogP contribution in [0.5, 0.6) is 0 Å². The molecule has 0 aromatic heterocycles. The van der Waals surface area contributed by atoms with Crippen LogP contribution in [0.3, 0.4) is 0 Å². The van der Waals surface area contributed by atoms with Crippen LogP contribution in [0.2, 0.25) is 10.0 Å². The Morgan fingerprint density at radius 2 is 1.48 bits per heavy atom. The predicted octanol–water partition coefficient (Wildman–Crippen LogP) is 2.82. The lowest BCUT2D eigenvalue weighted by molar-refractivity contribution is -0.158. The third-order valence-corrected chi connectivity index (χ3v) is 4.57. The summed E-state index contributed by atoms with van der Waals surface area (Å²) in [6.07, 6.45) is -1.08. The second kappa shape index (κ2) is 7.48. The second-order valence-electron chi connectivity index (χ2n) is 7.29. The van der Waals surface area contributed by atoms with Crippen molar-refractivity contribution in [1.29, 1.82) is 0 Å². The van der Waals surface area contributed by atoms with Gasteiger partial charge in [0, 0.05) is 5.54 Å². The number of benzene rings is 1. The van der Waals surface area contributed by atoms with Gasteiger partial charge in [-0.25, -0.2) is 4.79 Å². The van der Waals surface area contributed by atoms with Gasteiger partial charge < -0.3 is 10.1 Å². The molecule has 146 valence electrons. The summed E-state index contributed by atoms with van der Waals surface area (Å²) < 4.78 is 5.13. The molecule has 0 spiro atoms. The highest BCUT2D eigenvalue weighted by molar-refractivity contribution is 6.43. The van der Waals surface area contributed by atoms with Crippen LogP contribution in [-0.4, -0.2) is 46.3 Å². The molecule has 2 atom stereocenters. The first-order valence-electron chi connectivity index (χ1n) is 8.23. The third kappa shape index (κ3) is 4.42. The fraction of sp³-hybridized carbons (Fsp3) is 0.444. The molecule has 2 rings (SSSR count). The van der Waals surface area contributed by atoms with Crippen molar-refractivity contribution < 1.29 is 23.9 Å². The first-order chi connectivity index (χ1) is 12.3. The van der Waals surface area contributed by atoms with Crippen LogP contribution in [0.1, 0.15) is 55.3 Å². The van der Waals surface area contributed by atoms with Crippen LogP contribution in [0.4, 0.5) is 0 Å². The molecule has 1 aromatic rings. The third-order valence-electron chi connectivity index (χ3n) is 3.85. The Balaban J connectivity index is 2.15. The molecule has 1 aromatic carbocycles. The molecule has 0 saturated heterocycles. The SMILES string of the molecule is C[C@@H](OC(=O)[C@H](C)N1C(=O)c2cc(Cl)c(Cl)cc2C1=O)C(=O)NC(C)(C)C. The van der Waals surface area contributed by atoms with Crippen LogP contribution < -0.4 is 5.32 Å². The molecule has 0 radical (unpaired) electrons. The normalized spacial score (nSPS) is 16.0. The van der Waals surface area contributed by atoms with E-state index >= 15 is 0 Å². The number of carbonyl (C=O) groups is 4. The van der Waals surface area contributed by atoms with Crippen molar-refractivity contribution in [2.45, 2.75) is 52.3 Å². The van der Waals surface area contributed by atoms with Crippen LogP contribution in [-0.2, 0) is 14.3 Å². The summed E-state index contributed by atoms with van der Waals surface area (Å²) in [5.41, 5.74) is -0.370. The van der Waals surface area contributed by atoms with E-state index in [-0.39, 0.29) is 21.2 Å². The number of carbonyl (C=O) groups excluding carboxylic acids is 4. The van der Waals surface area contributed by atoms with Crippen molar-refractivity contribution >= 4 is 46.9 Å². The predicted molar refractivity (Wildman–Crippen MR) is 99.9 cm³/mol. The van der Waals surface area contributed by atoms with E-state index in [1.165, 1.54) is 26.0 Å². The monoisotopic (exact) mass is 414 g/mol. The summed E-state index contributed by atoms with van der Waals surface area (Å²) in [6, 6.07) is 1.35. The van der Waals surface area contributed by atoms with E-state index in [4.69, 9.17) is 27.9 Å². The minimum absolute atomic E-state index is 0.0626. The standard InChI is InChI=1S/C18H20Cl2N2O5/c1-8(17(26)27-9(2)14(23)21-18(3,4)5)22-15(24)10-6-12(19)13(20)7-11(10)16(22)25/h6-9H,1-5H3,(H,21,23)/t8-,9+/m0/s1. The van der Waals surface area contributed by atoms with E-state index < -0.39 is 41.4 Å². The maximum Gasteiger partial charge on any atom is 0.329 e. The van der Waals surface area contributed by atoms with Gasteiger partial charge in [0.1, 0.15) is 6.04 Å². The van der Waals surface area contributed by atoms with Gasteiger partial charge in [-0.05, 0) is 46.8 Å². The number of hydrogen-bond donors (Lipinski definition) is 1. The fourth-order valence-electron chi connectivity index (χ4n) is 2.51. The zero-order valence-electron chi connectivity index (χ0n) is 15.6. The number of nitrogens with one attached hydrogen (secondary N) is 1. The van der Waals surface area contributed by atoms with Gasteiger partial charge in [-0.15, -0.1) is 0 Å². The molecule has 1 N–H and O–H groups in total. The highest BCUT2D eigenvalue weighted by Crippen LogP contribution is 2.32. The number of amides is 3. The largest absolute Gasteiger partial charge is 0.451 e. The number of esters is 1. The van der Waals surface area contributed by atoms with Gasteiger partial charge in [-0.1, -0.05) is 23.2 Å². The highest BCUT2D eigenvalue weighted by atomic mass is 35.5. The summed E-state index contributed by atoms with van der Waals surface area (Å²) >= 11 is 11.8. The van der Waals surface area contributed by atoms with E-state index in [1.54, 1.807) is 20.8 Å². The molecular formula is C18H20Cl2N2O5. The molecule has 0 fully saturated rings. The van der Waals surface area contributed by atoms with Crippen LogP contribution >= 0.6 is 23.2 Å². The maximum atomic E-state index is 12.5. The Hall–Kier alpha value is -2.12. The topological polar surface area (TPSA) is 92.8 Å².